The van der Waals surface area contributed by atoms with Gasteiger partial charge in [-0.3, -0.25) is 4.79 Å². The molecule has 2 N–H and O–H groups in total. The topological polar surface area (TPSA) is 54.0 Å². The SMILES string of the molecule is Cc1ccc(Nc2cc(C(=O)NC(C)C)c3c(n2)CCCC3)cc1. The van der Waals surface area contributed by atoms with Crippen LogP contribution < -0.4 is 10.6 Å². The molecule has 1 aromatic carbocycles. The molecule has 0 radical (unpaired) electrons. The number of nitrogens with zero attached hydrogens (tertiary/aromatic N) is 1. The van der Waals surface area contributed by atoms with Gasteiger partial charge in [0.1, 0.15) is 5.82 Å². The number of hydrogen-bond donors (Lipinski definition) is 2. The van der Waals surface area contributed by atoms with Crippen molar-refractivity contribution in [3.05, 3.63) is 52.7 Å². The number of carbonyl (C=O) groups excluding carboxylic acids is 1. The molecule has 1 aliphatic rings. The number of hydrogen-bond acceptors (Lipinski definition) is 3. The zero-order valence-corrected chi connectivity index (χ0v) is 14.6. The molecule has 0 unspecified atom stereocenters. The third-order valence-corrected chi connectivity index (χ3v) is 4.29. The van der Waals surface area contributed by atoms with E-state index < -0.39 is 0 Å². The number of nitrogens with one attached hydrogen (secondary N) is 2. The molecule has 24 heavy (non-hydrogen) atoms. The highest BCUT2D eigenvalue weighted by Gasteiger charge is 2.21. The third-order valence-electron chi connectivity index (χ3n) is 4.29. The van der Waals surface area contributed by atoms with Crippen LogP contribution in [0.2, 0.25) is 0 Å². The molecule has 1 aromatic heterocycles. The number of benzene rings is 1. The molecule has 0 aliphatic heterocycles. The van der Waals surface area contributed by atoms with Crippen LogP contribution in [0.5, 0.6) is 0 Å². The summed E-state index contributed by atoms with van der Waals surface area (Å²) < 4.78 is 0. The molecule has 126 valence electrons. The Morgan fingerprint density at radius 3 is 2.54 bits per heavy atom. The van der Waals surface area contributed by atoms with E-state index in [1.807, 2.05) is 32.0 Å². The summed E-state index contributed by atoms with van der Waals surface area (Å²) in [6.07, 6.45) is 4.15. The minimum atomic E-state index is -0.00231. The second kappa shape index (κ2) is 7.04. The van der Waals surface area contributed by atoms with Crippen LogP contribution in [0.25, 0.3) is 0 Å². The van der Waals surface area contributed by atoms with Crippen molar-refractivity contribution in [3.63, 3.8) is 0 Å². The number of amides is 1. The Bertz CT molecular complexity index is 735. The average molecular weight is 323 g/mol. The maximum atomic E-state index is 12.6. The van der Waals surface area contributed by atoms with Crippen LogP contribution in [-0.4, -0.2) is 16.9 Å². The van der Waals surface area contributed by atoms with Gasteiger partial charge in [-0.25, -0.2) is 4.98 Å². The summed E-state index contributed by atoms with van der Waals surface area (Å²) in [7, 11) is 0. The van der Waals surface area contributed by atoms with E-state index in [-0.39, 0.29) is 11.9 Å². The van der Waals surface area contributed by atoms with Gasteiger partial charge >= 0.3 is 0 Å². The predicted molar refractivity (Wildman–Crippen MR) is 97.9 cm³/mol. The van der Waals surface area contributed by atoms with Gasteiger partial charge in [0.25, 0.3) is 5.91 Å². The Labute approximate surface area is 143 Å². The minimum absolute atomic E-state index is 0.00231. The van der Waals surface area contributed by atoms with Crippen molar-refractivity contribution in [3.8, 4) is 0 Å². The Hall–Kier alpha value is -2.36. The molecular formula is C20H25N3O. The van der Waals surface area contributed by atoms with Gasteiger partial charge in [-0.2, -0.15) is 0 Å². The van der Waals surface area contributed by atoms with Crippen molar-refractivity contribution in [1.82, 2.24) is 10.3 Å². The van der Waals surface area contributed by atoms with Crippen molar-refractivity contribution in [1.29, 1.82) is 0 Å². The lowest BCUT2D eigenvalue weighted by Gasteiger charge is -2.21. The predicted octanol–water partition coefficient (Wildman–Crippen LogP) is 4.15. The molecule has 2 aromatic rings. The Morgan fingerprint density at radius 1 is 1.12 bits per heavy atom. The highest BCUT2D eigenvalue weighted by Crippen LogP contribution is 2.27. The normalized spacial score (nSPS) is 13.5. The third kappa shape index (κ3) is 3.75. The Morgan fingerprint density at radius 2 is 1.83 bits per heavy atom. The maximum absolute atomic E-state index is 12.6. The quantitative estimate of drug-likeness (QED) is 0.888. The molecule has 0 atom stereocenters. The summed E-state index contributed by atoms with van der Waals surface area (Å²) in [5.74, 6) is 0.742. The number of aromatic nitrogens is 1. The Kier molecular flexibility index (Phi) is 4.84. The van der Waals surface area contributed by atoms with E-state index in [0.717, 1.165) is 54.0 Å². The first-order valence-corrected chi connectivity index (χ1v) is 8.70. The van der Waals surface area contributed by atoms with Crippen LogP contribution in [0.3, 0.4) is 0 Å². The summed E-state index contributed by atoms with van der Waals surface area (Å²) in [6, 6.07) is 10.2. The number of anilines is 2. The number of rotatable bonds is 4. The maximum Gasteiger partial charge on any atom is 0.251 e. The van der Waals surface area contributed by atoms with Gasteiger partial charge in [0, 0.05) is 23.0 Å². The van der Waals surface area contributed by atoms with Crippen molar-refractivity contribution in [2.45, 2.75) is 52.5 Å². The molecule has 0 saturated heterocycles. The molecule has 1 aliphatic carbocycles. The molecule has 0 spiro atoms. The second-order valence-corrected chi connectivity index (χ2v) is 6.81. The summed E-state index contributed by atoms with van der Waals surface area (Å²) in [5.41, 5.74) is 5.15. The van der Waals surface area contributed by atoms with Gasteiger partial charge in [0.2, 0.25) is 0 Å². The summed E-state index contributed by atoms with van der Waals surface area (Å²) >= 11 is 0. The fourth-order valence-electron chi connectivity index (χ4n) is 3.10. The van der Waals surface area contributed by atoms with Gasteiger partial charge in [-0.15, -0.1) is 0 Å². The highest BCUT2D eigenvalue weighted by atomic mass is 16.1. The van der Waals surface area contributed by atoms with Gasteiger partial charge in [0.15, 0.2) is 0 Å². The molecule has 4 heteroatoms. The molecule has 0 bridgehead atoms. The minimum Gasteiger partial charge on any atom is -0.350 e. The van der Waals surface area contributed by atoms with Crippen LogP contribution in [0, 0.1) is 6.92 Å². The van der Waals surface area contributed by atoms with Gasteiger partial charge in [-0.1, -0.05) is 17.7 Å². The van der Waals surface area contributed by atoms with Crippen LogP contribution >= 0.6 is 0 Å². The van der Waals surface area contributed by atoms with Crippen molar-refractivity contribution in [2.75, 3.05) is 5.32 Å². The van der Waals surface area contributed by atoms with Crippen LogP contribution in [0.15, 0.2) is 30.3 Å². The zero-order valence-electron chi connectivity index (χ0n) is 14.6. The summed E-state index contributed by atoms with van der Waals surface area (Å²) in [6.45, 7) is 6.03. The monoisotopic (exact) mass is 323 g/mol. The van der Waals surface area contributed by atoms with Crippen molar-refractivity contribution >= 4 is 17.4 Å². The van der Waals surface area contributed by atoms with Gasteiger partial charge in [-0.05, 0) is 70.2 Å². The molecule has 1 heterocycles. The average Bonchev–Trinajstić information content (AvgIpc) is 2.55. The Balaban J connectivity index is 1.95. The van der Waals surface area contributed by atoms with E-state index in [2.05, 4.69) is 29.7 Å². The van der Waals surface area contributed by atoms with E-state index in [1.165, 1.54) is 5.56 Å². The molecule has 1 amide bonds. The first kappa shape index (κ1) is 16.5. The molecule has 0 fully saturated rings. The first-order valence-electron chi connectivity index (χ1n) is 8.70. The standard InChI is InChI=1S/C20H25N3O/c1-13(2)21-20(24)17-12-19(22-15-10-8-14(3)9-11-15)23-18-7-5-4-6-16(17)18/h8-13H,4-7H2,1-3H3,(H,21,24)(H,22,23). The fourth-order valence-corrected chi connectivity index (χ4v) is 3.10. The summed E-state index contributed by atoms with van der Waals surface area (Å²) in [5, 5.41) is 6.35. The number of carbonyl (C=O) groups is 1. The number of aryl methyl sites for hydroxylation is 2. The smallest absolute Gasteiger partial charge is 0.251 e. The van der Waals surface area contributed by atoms with Gasteiger partial charge in [0.05, 0.1) is 0 Å². The van der Waals surface area contributed by atoms with Gasteiger partial charge < -0.3 is 10.6 Å². The van der Waals surface area contributed by atoms with E-state index in [4.69, 9.17) is 4.98 Å². The zero-order chi connectivity index (χ0) is 17.1. The molecular weight excluding hydrogens is 298 g/mol. The van der Waals surface area contributed by atoms with Crippen LogP contribution in [-0.2, 0) is 12.8 Å². The molecule has 4 nitrogen and oxygen atoms in total. The summed E-state index contributed by atoms with van der Waals surface area (Å²) in [4.78, 5) is 17.4. The van der Waals surface area contributed by atoms with E-state index in [1.54, 1.807) is 0 Å². The van der Waals surface area contributed by atoms with Crippen LogP contribution in [0.1, 0.15) is 53.9 Å². The lowest BCUT2D eigenvalue weighted by molar-refractivity contribution is 0.0941. The van der Waals surface area contributed by atoms with E-state index in [0.29, 0.717) is 0 Å². The van der Waals surface area contributed by atoms with Crippen LogP contribution in [0.4, 0.5) is 11.5 Å². The number of pyridine rings is 1. The first-order chi connectivity index (χ1) is 11.5. The number of fused-ring (bicyclic) bond motifs is 1. The lowest BCUT2D eigenvalue weighted by atomic mass is 9.91. The lowest BCUT2D eigenvalue weighted by Crippen LogP contribution is -2.31. The van der Waals surface area contributed by atoms with Crippen molar-refractivity contribution in [2.24, 2.45) is 0 Å². The largest absolute Gasteiger partial charge is 0.350 e. The van der Waals surface area contributed by atoms with Crippen molar-refractivity contribution < 1.29 is 4.79 Å². The van der Waals surface area contributed by atoms with E-state index >= 15 is 0 Å². The van der Waals surface area contributed by atoms with E-state index in [9.17, 15) is 4.79 Å². The molecule has 0 saturated carbocycles. The fraction of sp³-hybridized carbons (Fsp3) is 0.400. The highest BCUT2D eigenvalue weighted by molar-refractivity contribution is 5.97. The molecule has 3 rings (SSSR count). The second-order valence-electron chi connectivity index (χ2n) is 6.81.